The number of rotatable bonds is 8. The van der Waals surface area contributed by atoms with Crippen LogP contribution in [0.15, 0.2) is 52.4 Å². The monoisotopic (exact) mass is 455 g/mol. The number of thioether (sulfide) groups is 1. The molecule has 0 aliphatic carbocycles. The minimum absolute atomic E-state index is 0.0209. The summed E-state index contributed by atoms with van der Waals surface area (Å²) in [5, 5.41) is 3.91. The van der Waals surface area contributed by atoms with E-state index in [0.29, 0.717) is 46.4 Å². The predicted molar refractivity (Wildman–Crippen MR) is 124 cm³/mol. The largest absolute Gasteiger partial charge is 0.497 e. The Balaban J connectivity index is 1.54. The zero-order valence-electron chi connectivity index (χ0n) is 18.0. The molecular formula is C23H25N3O5S. The number of para-hydroxylation sites is 1. The molecule has 0 radical (unpaired) electrons. The van der Waals surface area contributed by atoms with Gasteiger partial charge in [0.15, 0.2) is 5.16 Å². The number of ether oxygens (including phenoxy) is 3. The van der Waals surface area contributed by atoms with Gasteiger partial charge in [0.25, 0.3) is 5.56 Å². The van der Waals surface area contributed by atoms with Gasteiger partial charge in [-0.2, -0.15) is 0 Å². The number of nitrogens with one attached hydrogen (secondary N) is 1. The highest BCUT2D eigenvalue weighted by atomic mass is 32.2. The third-order valence-corrected chi connectivity index (χ3v) is 6.23. The molecule has 9 heteroatoms. The van der Waals surface area contributed by atoms with Crippen LogP contribution in [0, 0.1) is 0 Å². The first-order valence-corrected chi connectivity index (χ1v) is 11.3. The van der Waals surface area contributed by atoms with Crippen LogP contribution in [0.1, 0.15) is 12.8 Å². The average molecular weight is 456 g/mol. The summed E-state index contributed by atoms with van der Waals surface area (Å²) in [6, 6.07) is 12.4. The molecule has 32 heavy (non-hydrogen) atoms. The minimum Gasteiger partial charge on any atom is -0.497 e. The molecule has 1 aliphatic rings. The van der Waals surface area contributed by atoms with Crippen molar-refractivity contribution in [2.24, 2.45) is 0 Å². The highest BCUT2D eigenvalue weighted by Gasteiger charge is 2.21. The number of carbonyl (C=O) groups excluding carboxylic acids is 1. The van der Waals surface area contributed by atoms with E-state index in [0.717, 1.165) is 12.8 Å². The molecule has 1 N–H and O–H groups in total. The van der Waals surface area contributed by atoms with E-state index in [1.165, 1.54) is 18.9 Å². The molecular weight excluding hydrogens is 430 g/mol. The Morgan fingerprint density at radius 2 is 2.09 bits per heavy atom. The van der Waals surface area contributed by atoms with Crippen LogP contribution in [0.25, 0.3) is 10.9 Å². The molecule has 2 heterocycles. The fourth-order valence-corrected chi connectivity index (χ4v) is 4.44. The fraction of sp³-hybridized carbons (Fsp3) is 0.348. The molecule has 0 saturated carbocycles. The van der Waals surface area contributed by atoms with Crippen LogP contribution in [-0.2, 0) is 16.1 Å². The molecule has 8 nitrogen and oxygen atoms in total. The number of nitrogens with zero attached hydrogens (tertiary/aromatic N) is 2. The van der Waals surface area contributed by atoms with E-state index in [1.807, 2.05) is 12.1 Å². The Morgan fingerprint density at radius 3 is 2.84 bits per heavy atom. The van der Waals surface area contributed by atoms with Crippen LogP contribution in [0.3, 0.4) is 0 Å². The second-order valence-electron chi connectivity index (χ2n) is 7.37. The molecule has 1 atom stereocenters. The Morgan fingerprint density at radius 1 is 1.25 bits per heavy atom. The summed E-state index contributed by atoms with van der Waals surface area (Å²) in [4.78, 5) is 30.5. The van der Waals surface area contributed by atoms with E-state index in [9.17, 15) is 9.59 Å². The summed E-state index contributed by atoms with van der Waals surface area (Å²) in [5.41, 5.74) is 1.04. The van der Waals surface area contributed by atoms with Crippen LogP contribution < -0.4 is 20.3 Å². The number of carbonyl (C=O) groups is 1. The highest BCUT2D eigenvalue weighted by molar-refractivity contribution is 7.99. The Labute approximate surface area is 189 Å². The maximum absolute atomic E-state index is 13.1. The highest BCUT2D eigenvalue weighted by Crippen LogP contribution is 2.29. The second kappa shape index (κ2) is 10.1. The summed E-state index contributed by atoms with van der Waals surface area (Å²) in [6.45, 7) is 1.13. The first-order chi connectivity index (χ1) is 15.6. The van der Waals surface area contributed by atoms with Crippen molar-refractivity contribution < 1.29 is 19.0 Å². The zero-order chi connectivity index (χ0) is 22.5. The summed E-state index contributed by atoms with van der Waals surface area (Å²) < 4.78 is 17.9. The third-order valence-electron chi connectivity index (χ3n) is 5.25. The van der Waals surface area contributed by atoms with Gasteiger partial charge in [0.2, 0.25) is 5.91 Å². The Kier molecular flexibility index (Phi) is 6.96. The lowest BCUT2D eigenvalue weighted by Crippen LogP contribution is -2.29. The number of hydrogen-bond donors (Lipinski definition) is 1. The molecule has 0 spiro atoms. The van der Waals surface area contributed by atoms with Gasteiger partial charge in [-0.15, -0.1) is 0 Å². The molecule has 1 amide bonds. The van der Waals surface area contributed by atoms with E-state index in [1.54, 1.807) is 42.0 Å². The van der Waals surface area contributed by atoms with Crippen LogP contribution in [-0.4, -0.2) is 48.1 Å². The van der Waals surface area contributed by atoms with Crippen LogP contribution >= 0.6 is 11.8 Å². The quantitative estimate of drug-likeness (QED) is 0.411. The molecule has 3 aromatic rings. The SMILES string of the molecule is COc1ccc(NC(=O)CSc2nc3ccccc3c(=O)n2C[C@H]2CCCO2)c(OC)c1. The number of benzene rings is 2. The Bertz CT molecular complexity index is 1170. The molecule has 2 aromatic carbocycles. The number of methoxy groups -OCH3 is 2. The second-order valence-corrected chi connectivity index (χ2v) is 8.31. The van der Waals surface area contributed by atoms with Crippen molar-refractivity contribution in [3.8, 4) is 11.5 Å². The van der Waals surface area contributed by atoms with E-state index < -0.39 is 0 Å². The van der Waals surface area contributed by atoms with Crippen LogP contribution in [0.4, 0.5) is 5.69 Å². The zero-order valence-corrected chi connectivity index (χ0v) is 18.8. The van der Waals surface area contributed by atoms with Crippen LogP contribution in [0.5, 0.6) is 11.5 Å². The van der Waals surface area contributed by atoms with Crippen molar-refractivity contribution >= 4 is 34.3 Å². The Hall–Kier alpha value is -3.04. The fourth-order valence-electron chi connectivity index (χ4n) is 3.63. The van der Waals surface area contributed by atoms with E-state index in [4.69, 9.17) is 14.2 Å². The average Bonchev–Trinajstić information content (AvgIpc) is 3.33. The van der Waals surface area contributed by atoms with Gasteiger partial charge in [-0.25, -0.2) is 4.98 Å². The van der Waals surface area contributed by atoms with Gasteiger partial charge in [-0.05, 0) is 37.1 Å². The van der Waals surface area contributed by atoms with Crippen molar-refractivity contribution in [1.29, 1.82) is 0 Å². The molecule has 1 saturated heterocycles. The number of aromatic nitrogens is 2. The smallest absolute Gasteiger partial charge is 0.262 e. The van der Waals surface area contributed by atoms with E-state index in [-0.39, 0.29) is 23.3 Å². The molecule has 4 rings (SSSR count). The first-order valence-electron chi connectivity index (χ1n) is 10.3. The predicted octanol–water partition coefficient (Wildman–Crippen LogP) is 3.32. The van der Waals surface area contributed by atoms with Gasteiger partial charge in [0, 0.05) is 12.7 Å². The molecule has 0 unspecified atom stereocenters. The summed E-state index contributed by atoms with van der Waals surface area (Å²) in [5.74, 6) is 0.991. The van der Waals surface area contributed by atoms with Gasteiger partial charge in [-0.1, -0.05) is 23.9 Å². The third kappa shape index (κ3) is 4.89. The van der Waals surface area contributed by atoms with Crippen molar-refractivity contribution in [3.63, 3.8) is 0 Å². The van der Waals surface area contributed by atoms with Crippen molar-refractivity contribution in [1.82, 2.24) is 9.55 Å². The minimum atomic E-state index is -0.232. The molecule has 1 fully saturated rings. The van der Waals surface area contributed by atoms with Crippen molar-refractivity contribution in [3.05, 3.63) is 52.8 Å². The lowest BCUT2D eigenvalue weighted by molar-refractivity contribution is -0.113. The van der Waals surface area contributed by atoms with Gasteiger partial charge in [0.1, 0.15) is 11.5 Å². The topological polar surface area (TPSA) is 91.7 Å². The number of hydrogen-bond acceptors (Lipinski definition) is 7. The summed E-state index contributed by atoms with van der Waals surface area (Å²) in [7, 11) is 3.10. The summed E-state index contributed by atoms with van der Waals surface area (Å²) >= 11 is 1.23. The molecule has 0 bridgehead atoms. The molecule has 1 aliphatic heterocycles. The number of fused-ring (bicyclic) bond motifs is 1. The standard InChI is InChI=1S/C23H25N3O5S/c1-29-15-9-10-19(20(12-15)30-2)24-21(27)14-32-23-25-18-8-4-3-7-17(18)22(28)26(23)13-16-6-5-11-31-16/h3-4,7-10,12,16H,5-6,11,13-14H2,1-2H3,(H,24,27)/t16-/m1/s1. The lowest BCUT2D eigenvalue weighted by atomic mass is 10.2. The van der Waals surface area contributed by atoms with Crippen LogP contribution in [0.2, 0.25) is 0 Å². The van der Waals surface area contributed by atoms with E-state index in [2.05, 4.69) is 10.3 Å². The normalized spacial score (nSPS) is 15.6. The van der Waals surface area contributed by atoms with Crippen molar-refractivity contribution in [2.75, 3.05) is 31.9 Å². The first kappa shape index (κ1) is 22.2. The van der Waals surface area contributed by atoms with E-state index >= 15 is 0 Å². The lowest BCUT2D eigenvalue weighted by Gasteiger charge is -2.16. The molecule has 1 aromatic heterocycles. The van der Waals surface area contributed by atoms with Gasteiger partial charge in [0.05, 0.1) is 49.2 Å². The van der Waals surface area contributed by atoms with Gasteiger partial charge < -0.3 is 19.5 Å². The summed E-state index contributed by atoms with van der Waals surface area (Å²) in [6.07, 6.45) is 1.86. The molecule has 168 valence electrons. The van der Waals surface area contributed by atoms with Gasteiger partial charge in [-0.3, -0.25) is 14.2 Å². The van der Waals surface area contributed by atoms with Gasteiger partial charge >= 0.3 is 0 Å². The number of anilines is 1. The maximum Gasteiger partial charge on any atom is 0.262 e. The van der Waals surface area contributed by atoms with Crippen molar-refractivity contribution in [2.45, 2.75) is 30.6 Å². The maximum atomic E-state index is 13.1. The number of amides is 1.